The van der Waals surface area contributed by atoms with Crippen LogP contribution in [0.25, 0.3) is 0 Å². The summed E-state index contributed by atoms with van der Waals surface area (Å²) in [6.07, 6.45) is 2.57. The van der Waals surface area contributed by atoms with Crippen LogP contribution < -0.4 is 5.32 Å². The molecule has 0 heterocycles. The Morgan fingerprint density at radius 2 is 1.47 bits per heavy atom. The van der Waals surface area contributed by atoms with Crippen molar-refractivity contribution >= 4 is 11.6 Å². The highest BCUT2D eigenvalue weighted by Crippen LogP contribution is 2.12. The number of carbonyl (C=O) groups excluding carboxylic acids is 1. The zero-order valence-corrected chi connectivity index (χ0v) is 11.2. The van der Waals surface area contributed by atoms with Gasteiger partial charge >= 0.3 is 0 Å². The number of anilines is 1. The normalized spacial score (nSPS) is 10.2. The summed E-state index contributed by atoms with van der Waals surface area (Å²) < 4.78 is 0. The Hall–Kier alpha value is -2.09. The van der Waals surface area contributed by atoms with Crippen LogP contribution in [0.15, 0.2) is 54.6 Å². The Balaban J connectivity index is 1.90. The average molecular weight is 253 g/mol. The molecule has 0 radical (unpaired) electrons. The van der Waals surface area contributed by atoms with E-state index in [9.17, 15) is 4.79 Å². The van der Waals surface area contributed by atoms with Crippen LogP contribution in [0.4, 0.5) is 5.69 Å². The molecule has 2 rings (SSSR count). The lowest BCUT2D eigenvalue weighted by molar-refractivity contribution is -0.115. The summed E-state index contributed by atoms with van der Waals surface area (Å²) in [5.41, 5.74) is 3.51. The summed E-state index contributed by atoms with van der Waals surface area (Å²) in [6, 6.07) is 18.6. The van der Waals surface area contributed by atoms with Crippen molar-refractivity contribution in [2.75, 3.05) is 5.32 Å². The molecule has 0 aliphatic heterocycles. The standard InChI is InChI=1S/C17H19NO/c1-2-17(19)18-16-12-10-15(11-13-16)9-8-14-6-4-3-5-7-14/h3-7,10-13H,2,8-9H2,1H3,(H,18,19). The molecule has 19 heavy (non-hydrogen) atoms. The molecule has 0 unspecified atom stereocenters. The Bertz CT molecular complexity index is 517. The molecule has 2 heteroatoms. The third-order valence-electron chi connectivity index (χ3n) is 3.10. The van der Waals surface area contributed by atoms with Gasteiger partial charge in [-0.1, -0.05) is 49.4 Å². The molecule has 0 aromatic heterocycles. The molecule has 0 saturated heterocycles. The number of aryl methyl sites for hydroxylation is 2. The van der Waals surface area contributed by atoms with Crippen LogP contribution in [0.3, 0.4) is 0 Å². The minimum absolute atomic E-state index is 0.0528. The second kappa shape index (κ2) is 6.74. The smallest absolute Gasteiger partial charge is 0.224 e. The first-order valence-electron chi connectivity index (χ1n) is 6.70. The number of rotatable bonds is 5. The zero-order chi connectivity index (χ0) is 13.5. The van der Waals surface area contributed by atoms with E-state index >= 15 is 0 Å². The molecule has 1 N–H and O–H groups in total. The van der Waals surface area contributed by atoms with E-state index in [1.165, 1.54) is 11.1 Å². The first-order valence-corrected chi connectivity index (χ1v) is 6.70. The molecule has 0 aliphatic rings. The van der Waals surface area contributed by atoms with Crippen molar-refractivity contribution in [2.45, 2.75) is 26.2 Å². The molecule has 2 aromatic rings. The van der Waals surface area contributed by atoms with E-state index in [4.69, 9.17) is 0 Å². The predicted molar refractivity (Wildman–Crippen MR) is 79.2 cm³/mol. The summed E-state index contributed by atoms with van der Waals surface area (Å²) in [6.45, 7) is 1.85. The summed E-state index contributed by atoms with van der Waals surface area (Å²) in [5.74, 6) is 0.0528. The van der Waals surface area contributed by atoms with Gasteiger partial charge in [0.15, 0.2) is 0 Å². The van der Waals surface area contributed by atoms with E-state index in [0.717, 1.165) is 18.5 Å². The molecular weight excluding hydrogens is 234 g/mol. The Labute approximate surface area is 114 Å². The van der Waals surface area contributed by atoms with Crippen LogP contribution in [0.2, 0.25) is 0 Å². The van der Waals surface area contributed by atoms with Gasteiger partial charge in [0.2, 0.25) is 5.91 Å². The van der Waals surface area contributed by atoms with E-state index in [-0.39, 0.29) is 5.91 Å². The van der Waals surface area contributed by atoms with Gasteiger partial charge in [-0.15, -0.1) is 0 Å². The van der Waals surface area contributed by atoms with Gasteiger partial charge in [0.25, 0.3) is 0 Å². The molecule has 98 valence electrons. The predicted octanol–water partition coefficient (Wildman–Crippen LogP) is 3.82. The maximum absolute atomic E-state index is 11.3. The summed E-state index contributed by atoms with van der Waals surface area (Å²) in [4.78, 5) is 11.3. The van der Waals surface area contributed by atoms with Crippen LogP contribution in [0.1, 0.15) is 24.5 Å². The van der Waals surface area contributed by atoms with E-state index in [1.54, 1.807) is 0 Å². The maximum atomic E-state index is 11.3. The molecule has 0 fully saturated rings. The van der Waals surface area contributed by atoms with E-state index in [1.807, 2.05) is 25.1 Å². The summed E-state index contributed by atoms with van der Waals surface area (Å²) >= 11 is 0. The maximum Gasteiger partial charge on any atom is 0.224 e. The van der Waals surface area contributed by atoms with Crippen LogP contribution >= 0.6 is 0 Å². The lowest BCUT2D eigenvalue weighted by Crippen LogP contribution is -2.09. The highest BCUT2D eigenvalue weighted by Gasteiger charge is 1.99. The number of carbonyl (C=O) groups is 1. The number of nitrogens with one attached hydrogen (secondary N) is 1. The summed E-state index contributed by atoms with van der Waals surface area (Å²) in [5, 5.41) is 2.85. The van der Waals surface area contributed by atoms with E-state index in [0.29, 0.717) is 6.42 Å². The third kappa shape index (κ3) is 4.25. The van der Waals surface area contributed by atoms with Gasteiger partial charge in [0.1, 0.15) is 0 Å². The largest absolute Gasteiger partial charge is 0.326 e. The van der Waals surface area contributed by atoms with Crippen molar-refractivity contribution in [3.05, 3.63) is 65.7 Å². The van der Waals surface area contributed by atoms with Crippen LogP contribution in [0, 0.1) is 0 Å². The first-order chi connectivity index (χ1) is 9.28. The molecule has 2 aromatic carbocycles. The molecule has 0 bridgehead atoms. The molecule has 1 amide bonds. The quantitative estimate of drug-likeness (QED) is 0.862. The van der Waals surface area contributed by atoms with Gasteiger partial charge in [-0.2, -0.15) is 0 Å². The van der Waals surface area contributed by atoms with Crippen molar-refractivity contribution in [1.82, 2.24) is 0 Å². The molecule has 2 nitrogen and oxygen atoms in total. The number of hydrogen-bond donors (Lipinski definition) is 1. The highest BCUT2D eigenvalue weighted by atomic mass is 16.1. The number of benzene rings is 2. The first kappa shape index (κ1) is 13.3. The highest BCUT2D eigenvalue weighted by molar-refractivity contribution is 5.90. The van der Waals surface area contributed by atoms with Crippen LogP contribution in [-0.2, 0) is 17.6 Å². The van der Waals surface area contributed by atoms with Crippen molar-refractivity contribution in [3.63, 3.8) is 0 Å². The van der Waals surface area contributed by atoms with Crippen LogP contribution in [0.5, 0.6) is 0 Å². The Morgan fingerprint density at radius 3 is 2.05 bits per heavy atom. The number of amides is 1. The third-order valence-corrected chi connectivity index (χ3v) is 3.10. The van der Waals surface area contributed by atoms with E-state index < -0.39 is 0 Å². The van der Waals surface area contributed by atoms with Crippen molar-refractivity contribution < 1.29 is 4.79 Å². The molecule has 0 spiro atoms. The monoisotopic (exact) mass is 253 g/mol. The minimum atomic E-state index is 0.0528. The fourth-order valence-electron chi connectivity index (χ4n) is 1.94. The van der Waals surface area contributed by atoms with Crippen molar-refractivity contribution in [3.8, 4) is 0 Å². The number of hydrogen-bond acceptors (Lipinski definition) is 1. The lowest BCUT2D eigenvalue weighted by atomic mass is 10.0. The zero-order valence-electron chi connectivity index (χ0n) is 11.2. The van der Waals surface area contributed by atoms with Gasteiger partial charge in [-0.05, 0) is 36.1 Å². The average Bonchev–Trinajstić information content (AvgIpc) is 2.47. The van der Waals surface area contributed by atoms with Gasteiger partial charge in [0.05, 0.1) is 0 Å². The van der Waals surface area contributed by atoms with Gasteiger partial charge in [0, 0.05) is 12.1 Å². The fraction of sp³-hybridized carbons (Fsp3) is 0.235. The van der Waals surface area contributed by atoms with E-state index in [2.05, 4.69) is 41.7 Å². The van der Waals surface area contributed by atoms with Gasteiger partial charge < -0.3 is 5.32 Å². The molecule has 0 saturated carbocycles. The molecular formula is C17H19NO. The van der Waals surface area contributed by atoms with Crippen LogP contribution in [-0.4, -0.2) is 5.91 Å². The molecule has 0 aliphatic carbocycles. The SMILES string of the molecule is CCC(=O)Nc1ccc(CCc2ccccc2)cc1. The molecule has 0 atom stereocenters. The topological polar surface area (TPSA) is 29.1 Å². The Kier molecular flexibility index (Phi) is 4.73. The van der Waals surface area contributed by atoms with Crippen molar-refractivity contribution in [2.24, 2.45) is 0 Å². The lowest BCUT2D eigenvalue weighted by Gasteiger charge is -2.06. The second-order valence-corrected chi connectivity index (χ2v) is 4.58. The minimum Gasteiger partial charge on any atom is -0.326 e. The van der Waals surface area contributed by atoms with Gasteiger partial charge in [-0.3, -0.25) is 4.79 Å². The van der Waals surface area contributed by atoms with Gasteiger partial charge in [-0.25, -0.2) is 0 Å². The summed E-state index contributed by atoms with van der Waals surface area (Å²) in [7, 11) is 0. The second-order valence-electron chi connectivity index (χ2n) is 4.58. The van der Waals surface area contributed by atoms with Crippen molar-refractivity contribution in [1.29, 1.82) is 0 Å². The Morgan fingerprint density at radius 1 is 0.895 bits per heavy atom. The fourth-order valence-corrected chi connectivity index (χ4v) is 1.94.